The molecule has 1 aliphatic carbocycles. The Morgan fingerprint density at radius 2 is 1.57 bits per heavy atom. The standard InChI is InChI=1S/C19H24N2/c1-2-6-15-9-11-16(12-10-15)18-13-20-19(21-14-18)17-7-4-3-5-8-17/h9-14,17H,2-8H2,1H3. The molecule has 0 unspecified atom stereocenters. The first-order valence-electron chi connectivity index (χ1n) is 8.28. The summed E-state index contributed by atoms with van der Waals surface area (Å²) in [7, 11) is 0. The zero-order chi connectivity index (χ0) is 14.5. The minimum atomic E-state index is 0.583. The van der Waals surface area contributed by atoms with Gasteiger partial charge in [-0.25, -0.2) is 9.97 Å². The van der Waals surface area contributed by atoms with Crippen LogP contribution in [0, 0.1) is 0 Å². The highest BCUT2D eigenvalue weighted by Gasteiger charge is 2.17. The van der Waals surface area contributed by atoms with Crippen molar-refractivity contribution in [3.63, 3.8) is 0 Å². The van der Waals surface area contributed by atoms with Crippen molar-refractivity contribution in [1.29, 1.82) is 0 Å². The second-order valence-corrected chi connectivity index (χ2v) is 6.11. The molecule has 2 heteroatoms. The predicted molar refractivity (Wildman–Crippen MR) is 87.3 cm³/mol. The van der Waals surface area contributed by atoms with Crippen LogP contribution >= 0.6 is 0 Å². The van der Waals surface area contributed by atoms with Crippen molar-refractivity contribution < 1.29 is 0 Å². The maximum absolute atomic E-state index is 4.63. The summed E-state index contributed by atoms with van der Waals surface area (Å²) in [6.45, 7) is 2.21. The lowest BCUT2D eigenvalue weighted by molar-refractivity contribution is 0.428. The van der Waals surface area contributed by atoms with Crippen molar-refractivity contribution in [1.82, 2.24) is 9.97 Å². The van der Waals surface area contributed by atoms with Crippen molar-refractivity contribution in [2.75, 3.05) is 0 Å². The molecule has 2 nitrogen and oxygen atoms in total. The first-order valence-corrected chi connectivity index (χ1v) is 8.28. The largest absolute Gasteiger partial charge is 0.240 e. The third-order valence-electron chi connectivity index (χ3n) is 4.47. The molecule has 0 spiro atoms. The number of aryl methyl sites for hydroxylation is 1. The molecule has 1 aromatic carbocycles. The molecule has 3 rings (SSSR count). The molecule has 2 aromatic rings. The van der Waals surface area contributed by atoms with Gasteiger partial charge >= 0.3 is 0 Å². The Hall–Kier alpha value is -1.70. The van der Waals surface area contributed by atoms with Crippen LogP contribution in [0.25, 0.3) is 11.1 Å². The van der Waals surface area contributed by atoms with Gasteiger partial charge in [-0.1, -0.05) is 56.9 Å². The molecule has 1 heterocycles. The van der Waals surface area contributed by atoms with Gasteiger partial charge in [0.05, 0.1) is 0 Å². The fourth-order valence-electron chi connectivity index (χ4n) is 3.21. The van der Waals surface area contributed by atoms with Crippen LogP contribution in [0.3, 0.4) is 0 Å². The topological polar surface area (TPSA) is 25.8 Å². The molecule has 0 aliphatic heterocycles. The lowest BCUT2D eigenvalue weighted by Gasteiger charge is -2.20. The maximum atomic E-state index is 4.63. The van der Waals surface area contributed by atoms with Crippen LogP contribution in [0.2, 0.25) is 0 Å². The summed E-state index contributed by atoms with van der Waals surface area (Å²) < 4.78 is 0. The van der Waals surface area contributed by atoms with Crippen LogP contribution in [-0.2, 0) is 6.42 Å². The first-order chi connectivity index (χ1) is 10.4. The average molecular weight is 280 g/mol. The van der Waals surface area contributed by atoms with Crippen LogP contribution in [0.15, 0.2) is 36.7 Å². The number of nitrogens with zero attached hydrogens (tertiary/aromatic N) is 2. The van der Waals surface area contributed by atoms with Crippen molar-refractivity contribution >= 4 is 0 Å². The summed E-state index contributed by atoms with van der Waals surface area (Å²) in [6.07, 6.45) is 12.9. The SMILES string of the molecule is CCCc1ccc(-c2cnc(C3CCCCC3)nc2)cc1. The minimum Gasteiger partial charge on any atom is -0.240 e. The summed E-state index contributed by atoms with van der Waals surface area (Å²) in [5.41, 5.74) is 3.74. The third kappa shape index (κ3) is 3.49. The summed E-state index contributed by atoms with van der Waals surface area (Å²) in [4.78, 5) is 9.25. The van der Waals surface area contributed by atoms with E-state index in [2.05, 4.69) is 41.2 Å². The summed E-state index contributed by atoms with van der Waals surface area (Å²) >= 11 is 0. The Labute approximate surface area is 127 Å². The van der Waals surface area contributed by atoms with Crippen LogP contribution in [0.1, 0.15) is 62.8 Å². The Kier molecular flexibility index (Phi) is 4.64. The fourth-order valence-corrected chi connectivity index (χ4v) is 3.21. The lowest BCUT2D eigenvalue weighted by atomic mass is 9.88. The second-order valence-electron chi connectivity index (χ2n) is 6.11. The minimum absolute atomic E-state index is 0.583. The van der Waals surface area contributed by atoms with E-state index in [1.807, 2.05) is 12.4 Å². The number of hydrogen-bond acceptors (Lipinski definition) is 2. The van der Waals surface area contributed by atoms with Gasteiger partial charge < -0.3 is 0 Å². The zero-order valence-corrected chi connectivity index (χ0v) is 12.9. The van der Waals surface area contributed by atoms with E-state index < -0.39 is 0 Å². The molecule has 1 aliphatic rings. The predicted octanol–water partition coefficient (Wildman–Crippen LogP) is 5.14. The van der Waals surface area contributed by atoms with Gasteiger partial charge in [-0.15, -0.1) is 0 Å². The Bertz CT molecular complexity index is 551. The van der Waals surface area contributed by atoms with Gasteiger partial charge in [0.25, 0.3) is 0 Å². The molecule has 0 saturated heterocycles. The van der Waals surface area contributed by atoms with E-state index in [4.69, 9.17) is 0 Å². The van der Waals surface area contributed by atoms with Gasteiger partial charge in [0.15, 0.2) is 0 Å². The highest BCUT2D eigenvalue weighted by molar-refractivity contribution is 5.61. The Morgan fingerprint density at radius 3 is 2.19 bits per heavy atom. The van der Waals surface area contributed by atoms with Crippen LogP contribution < -0.4 is 0 Å². The molecule has 0 amide bonds. The average Bonchev–Trinajstić information content (AvgIpc) is 2.57. The summed E-state index contributed by atoms with van der Waals surface area (Å²) in [6, 6.07) is 8.80. The van der Waals surface area contributed by atoms with E-state index >= 15 is 0 Å². The molecule has 1 fully saturated rings. The van der Waals surface area contributed by atoms with E-state index in [1.165, 1.54) is 49.7 Å². The van der Waals surface area contributed by atoms with Crippen molar-refractivity contribution in [2.45, 2.75) is 57.8 Å². The van der Waals surface area contributed by atoms with Gasteiger partial charge in [-0.2, -0.15) is 0 Å². The van der Waals surface area contributed by atoms with E-state index in [-0.39, 0.29) is 0 Å². The molecule has 0 bridgehead atoms. The number of benzene rings is 1. The van der Waals surface area contributed by atoms with Gasteiger partial charge in [-0.3, -0.25) is 0 Å². The number of rotatable bonds is 4. The summed E-state index contributed by atoms with van der Waals surface area (Å²) in [5, 5.41) is 0. The van der Waals surface area contributed by atoms with E-state index in [0.29, 0.717) is 5.92 Å². The van der Waals surface area contributed by atoms with Crippen molar-refractivity contribution in [3.05, 3.63) is 48.0 Å². The van der Waals surface area contributed by atoms with E-state index in [1.54, 1.807) is 0 Å². The molecule has 110 valence electrons. The molecule has 0 radical (unpaired) electrons. The zero-order valence-electron chi connectivity index (χ0n) is 12.9. The molecule has 21 heavy (non-hydrogen) atoms. The number of aromatic nitrogens is 2. The second kappa shape index (κ2) is 6.84. The first kappa shape index (κ1) is 14.2. The normalized spacial score (nSPS) is 16.0. The van der Waals surface area contributed by atoms with Crippen LogP contribution in [-0.4, -0.2) is 9.97 Å². The van der Waals surface area contributed by atoms with Crippen LogP contribution in [0.5, 0.6) is 0 Å². The smallest absolute Gasteiger partial charge is 0.131 e. The highest BCUT2D eigenvalue weighted by atomic mass is 14.9. The van der Waals surface area contributed by atoms with Gasteiger partial charge in [0.2, 0.25) is 0 Å². The number of hydrogen-bond donors (Lipinski definition) is 0. The van der Waals surface area contributed by atoms with Crippen molar-refractivity contribution in [3.8, 4) is 11.1 Å². The highest BCUT2D eigenvalue weighted by Crippen LogP contribution is 2.30. The molecule has 1 aromatic heterocycles. The van der Waals surface area contributed by atoms with E-state index in [9.17, 15) is 0 Å². The summed E-state index contributed by atoms with van der Waals surface area (Å²) in [5.74, 6) is 1.63. The quantitative estimate of drug-likeness (QED) is 0.774. The van der Waals surface area contributed by atoms with Gasteiger partial charge in [0, 0.05) is 23.9 Å². The lowest BCUT2D eigenvalue weighted by Crippen LogP contribution is -2.08. The Balaban J connectivity index is 1.73. The fraction of sp³-hybridized carbons (Fsp3) is 0.474. The Morgan fingerprint density at radius 1 is 0.905 bits per heavy atom. The van der Waals surface area contributed by atoms with Crippen molar-refractivity contribution in [2.24, 2.45) is 0 Å². The third-order valence-corrected chi connectivity index (χ3v) is 4.47. The molecule has 0 atom stereocenters. The van der Waals surface area contributed by atoms with Crippen LogP contribution in [0.4, 0.5) is 0 Å². The molecule has 1 saturated carbocycles. The molecule has 0 N–H and O–H groups in total. The van der Waals surface area contributed by atoms with Gasteiger partial charge in [0.1, 0.15) is 5.82 Å². The van der Waals surface area contributed by atoms with Gasteiger partial charge in [-0.05, 0) is 30.4 Å². The molecular formula is C19H24N2. The maximum Gasteiger partial charge on any atom is 0.131 e. The van der Waals surface area contributed by atoms with E-state index in [0.717, 1.165) is 17.8 Å². The molecular weight excluding hydrogens is 256 g/mol. The monoisotopic (exact) mass is 280 g/mol.